The molecule has 5 nitrogen and oxygen atoms in total. The molecule has 4 N–H and O–H groups in total. The van der Waals surface area contributed by atoms with Gasteiger partial charge < -0.3 is 16.2 Å². The number of hydrogen-bond donors (Lipinski definition) is 3. The van der Waals surface area contributed by atoms with Crippen LogP contribution in [0.25, 0.3) is 0 Å². The Morgan fingerprint density at radius 3 is 2.76 bits per heavy atom. The van der Waals surface area contributed by atoms with E-state index in [2.05, 4.69) is 10.2 Å². The molecule has 5 heteroatoms. The molecule has 1 saturated heterocycles. The Balaban J connectivity index is 2.04. The number of carbonyl (C=O) groups is 1. The average molecular weight is 243 g/mol. The van der Waals surface area contributed by atoms with Crippen LogP contribution in [0.15, 0.2) is 0 Å². The van der Waals surface area contributed by atoms with Crippen LogP contribution in [0.2, 0.25) is 0 Å². The molecule has 0 radical (unpaired) electrons. The van der Waals surface area contributed by atoms with Crippen molar-refractivity contribution in [2.24, 2.45) is 5.73 Å². The summed E-state index contributed by atoms with van der Waals surface area (Å²) >= 11 is 0. The Hall–Kier alpha value is -0.650. The van der Waals surface area contributed by atoms with Crippen molar-refractivity contribution in [2.75, 3.05) is 26.2 Å². The molecule has 0 aliphatic carbocycles. The number of aliphatic hydroxyl groups excluding tert-OH is 1. The van der Waals surface area contributed by atoms with Crippen molar-refractivity contribution < 1.29 is 9.90 Å². The van der Waals surface area contributed by atoms with E-state index in [-0.39, 0.29) is 12.0 Å². The van der Waals surface area contributed by atoms with Gasteiger partial charge in [-0.1, -0.05) is 0 Å². The molecule has 1 heterocycles. The van der Waals surface area contributed by atoms with Gasteiger partial charge in [-0.05, 0) is 32.6 Å². The molecule has 1 fully saturated rings. The highest BCUT2D eigenvalue weighted by Gasteiger charge is 2.17. The van der Waals surface area contributed by atoms with Crippen molar-refractivity contribution in [3.63, 3.8) is 0 Å². The summed E-state index contributed by atoms with van der Waals surface area (Å²) in [5.41, 5.74) is 5.80. The van der Waals surface area contributed by atoms with E-state index >= 15 is 0 Å². The fraction of sp³-hybridized carbons (Fsp3) is 0.917. The molecule has 0 spiro atoms. The zero-order chi connectivity index (χ0) is 12.7. The lowest BCUT2D eigenvalue weighted by molar-refractivity contribution is -0.122. The molecule has 0 aromatic carbocycles. The Bertz CT molecular complexity index is 226. The van der Waals surface area contributed by atoms with E-state index in [9.17, 15) is 4.79 Å². The van der Waals surface area contributed by atoms with Gasteiger partial charge in [-0.25, -0.2) is 0 Å². The SMILES string of the molecule is CC(O)CCCNC(=O)CN1CCC(N)CC1. The van der Waals surface area contributed by atoms with Gasteiger partial charge in [-0.15, -0.1) is 0 Å². The molecule has 17 heavy (non-hydrogen) atoms. The fourth-order valence-corrected chi connectivity index (χ4v) is 2.00. The van der Waals surface area contributed by atoms with Crippen LogP contribution in [-0.4, -0.2) is 54.2 Å². The number of nitrogens with two attached hydrogens (primary N) is 1. The van der Waals surface area contributed by atoms with Crippen molar-refractivity contribution in [3.05, 3.63) is 0 Å². The van der Waals surface area contributed by atoms with E-state index in [4.69, 9.17) is 10.8 Å². The average Bonchev–Trinajstić information content (AvgIpc) is 2.27. The van der Waals surface area contributed by atoms with E-state index in [1.54, 1.807) is 6.92 Å². The molecule has 0 aromatic rings. The lowest BCUT2D eigenvalue weighted by atomic mass is 10.1. The summed E-state index contributed by atoms with van der Waals surface area (Å²) in [6.45, 7) is 4.72. The fourth-order valence-electron chi connectivity index (χ4n) is 2.00. The van der Waals surface area contributed by atoms with Crippen LogP contribution < -0.4 is 11.1 Å². The molecule has 1 rings (SSSR count). The molecule has 1 unspecified atom stereocenters. The maximum absolute atomic E-state index is 11.6. The number of likely N-dealkylation sites (tertiary alicyclic amines) is 1. The standard InChI is InChI=1S/C12H25N3O2/c1-10(16)3-2-6-14-12(17)9-15-7-4-11(13)5-8-15/h10-11,16H,2-9,13H2,1H3,(H,14,17). The minimum Gasteiger partial charge on any atom is -0.393 e. The van der Waals surface area contributed by atoms with E-state index in [0.29, 0.717) is 19.1 Å². The van der Waals surface area contributed by atoms with Crippen LogP contribution in [0.4, 0.5) is 0 Å². The number of hydrogen-bond acceptors (Lipinski definition) is 4. The summed E-state index contributed by atoms with van der Waals surface area (Å²) in [6.07, 6.45) is 3.24. The molecule has 1 aliphatic rings. The maximum Gasteiger partial charge on any atom is 0.234 e. The van der Waals surface area contributed by atoms with Crippen molar-refractivity contribution >= 4 is 5.91 Å². The van der Waals surface area contributed by atoms with Gasteiger partial charge in [0, 0.05) is 25.7 Å². The van der Waals surface area contributed by atoms with Gasteiger partial charge in [0.05, 0.1) is 12.6 Å². The summed E-state index contributed by atoms with van der Waals surface area (Å²) in [7, 11) is 0. The third-order valence-electron chi connectivity index (χ3n) is 3.12. The quantitative estimate of drug-likeness (QED) is 0.559. The first-order chi connectivity index (χ1) is 8.08. The minimum atomic E-state index is -0.282. The summed E-state index contributed by atoms with van der Waals surface area (Å²) < 4.78 is 0. The van der Waals surface area contributed by atoms with Crippen molar-refractivity contribution in [1.82, 2.24) is 10.2 Å². The topological polar surface area (TPSA) is 78.6 Å². The molecular formula is C12H25N3O2. The lowest BCUT2D eigenvalue weighted by Crippen LogP contribution is -2.44. The zero-order valence-electron chi connectivity index (χ0n) is 10.7. The largest absolute Gasteiger partial charge is 0.393 e. The summed E-state index contributed by atoms with van der Waals surface area (Å²) in [5.74, 6) is 0.0751. The van der Waals surface area contributed by atoms with Gasteiger partial charge in [0.2, 0.25) is 5.91 Å². The van der Waals surface area contributed by atoms with Crippen LogP contribution in [0, 0.1) is 0 Å². The van der Waals surface area contributed by atoms with Gasteiger partial charge in [0.1, 0.15) is 0 Å². The molecule has 0 bridgehead atoms. The van der Waals surface area contributed by atoms with Gasteiger partial charge >= 0.3 is 0 Å². The monoisotopic (exact) mass is 243 g/mol. The predicted molar refractivity (Wildman–Crippen MR) is 67.6 cm³/mol. The predicted octanol–water partition coefficient (Wildman–Crippen LogP) is -0.313. The molecule has 1 atom stereocenters. The second-order valence-corrected chi connectivity index (χ2v) is 4.95. The minimum absolute atomic E-state index is 0.0751. The second kappa shape index (κ2) is 7.63. The third-order valence-corrected chi connectivity index (χ3v) is 3.12. The van der Waals surface area contributed by atoms with Crippen LogP contribution in [0.1, 0.15) is 32.6 Å². The van der Waals surface area contributed by atoms with E-state index in [1.165, 1.54) is 0 Å². The highest BCUT2D eigenvalue weighted by Crippen LogP contribution is 2.07. The Kier molecular flexibility index (Phi) is 6.47. The van der Waals surface area contributed by atoms with Gasteiger partial charge in [-0.3, -0.25) is 9.69 Å². The first kappa shape index (κ1) is 14.4. The number of amides is 1. The van der Waals surface area contributed by atoms with Crippen LogP contribution in [0.3, 0.4) is 0 Å². The van der Waals surface area contributed by atoms with Gasteiger partial charge in [-0.2, -0.15) is 0 Å². The summed E-state index contributed by atoms with van der Waals surface area (Å²) in [4.78, 5) is 13.7. The molecular weight excluding hydrogens is 218 g/mol. The smallest absolute Gasteiger partial charge is 0.234 e. The highest BCUT2D eigenvalue weighted by molar-refractivity contribution is 5.77. The molecule has 1 aliphatic heterocycles. The molecule has 100 valence electrons. The first-order valence-electron chi connectivity index (χ1n) is 6.50. The van der Waals surface area contributed by atoms with E-state index in [0.717, 1.165) is 38.8 Å². The van der Waals surface area contributed by atoms with Crippen molar-refractivity contribution in [2.45, 2.75) is 44.8 Å². The summed E-state index contributed by atoms with van der Waals surface area (Å²) in [6, 6.07) is 0.306. The summed E-state index contributed by atoms with van der Waals surface area (Å²) in [5, 5.41) is 11.9. The number of aliphatic hydroxyl groups is 1. The zero-order valence-corrected chi connectivity index (χ0v) is 10.7. The lowest BCUT2D eigenvalue weighted by Gasteiger charge is -2.29. The Morgan fingerprint density at radius 2 is 2.18 bits per heavy atom. The van der Waals surface area contributed by atoms with Gasteiger partial charge in [0.25, 0.3) is 0 Å². The molecule has 1 amide bonds. The second-order valence-electron chi connectivity index (χ2n) is 4.95. The first-order valence-corrected chi connectivity index (χ1v) is 6.50. The third kappa shape index (κ3) is 6.61. The van der Waals surface area contributed by atoms with Crippen LogP contribution >= 0.6 is 0 Å². The van der Waals surface area contributed by atoms with Crippen LogP contribution in [0.5, 0.6) is 0 Å². The number of carbonyl (C=O) groups excluding carboxylic acids is 1. The molecule has 0 aromatic heterocycles. The Labute approximate surface area is 103 Å². The Morgan fingerprint density at radius 1 is 1.53 bits per heavy atom. The number of piperidine rings is 1. The van der Waals surface area contributed by atoms with E-state index in [1.807, 2.05) is 0 Å². The maximum atomic E-state index is 11.6. The van der Waals surface area contributed by atoms with Gasteiger partial charge in [0.15, 0.2) is 0 Å². The van der Waals surface area contributed by atoms with E-state index < -0.39 is 0 Å². The van der Waals surface area contributed by atoms with Crippen LogP contribution in [-0.2, 0) is 4.79 Å². The van der Waals surface area contributed by atoms with Crippen molar-refractivity contribution in [1.29, 1.82) is 0 Å². The number of nitrogens with zero attached hydrogens (tertiary/aromatic N) is 1. The highest BCUT2D eigenvalue weighted by atomic mass is 16.3. The number of rotatable bonds is 6. The number of nitrogens with one attached hydrogen (secondary N) is 1. The van der Waals surface area contributed by atoms with Crippen molar-refractivity contribution in [3.8, 4) is 0 Å². The normalized spacial score (nSPS) is 20.2. The molecule has 0 saturated carbocycles.